The van der Waals surface area contributed by atoms with Crippen molar-refractivity contribution < 1.29 is 0 Å². The number of benzene rings is 1. The van der Waals surface area contributed by atoms with Crippen molar-refractivity contribution in [2.75, 3.05) is 19.4 Å². The van der Waals surface area contributed by atoms with Gasteiger partial charge in [-0.25, -0.2) is 4.98 Å². The highest BCUT2D eigenvalue weighted by molar-refractivity contribution is 5.98. The first-order chi connectivity index (χ1) is 17.6. The van der Waals surface area contributed by atoms with E-state index in [1.807, 2.05) is 55.8 Å². The topological polar surface area (TPSA) is 111 Å². The van der Waals surface area contributed by atoms with Crippen molar-refractivity contribution in [3.63, 3.8) is 0 Å². The fourth-order valence-electron chi connectivity index (χ4n) is 4.10. The third kappa shape index (κ3) is 3.82. The third-order valence-electron chi connectivity index (χ3n) is 6.05. The summed E-state index contributed by atoms with van der Waals surface area (Å²) in [6, 6.07) is 12.1. The molecule has 176 valence electrons. The minimum Gasteiger partial charge on any atom is -0.365 e. The number of fused-ring (bicyclic) bond motifs is 2. The van der Waals surface area contributed by atoms with E-state index in [2.05, 4.69) is 60.2 Å². The standard InChI is InChI=1S/C27H23N9/c1-16(36(2)3)31-20-9-19(12-29-13-20)17-6-7-23-21(10-17)26(35-34-23)27-32-24-15-30-14-22(25(24)33-27)18-5-4-8-28-11-18/h4-15,31H,1H2,2-3H3,(H,32,33)(H,34,35). The van der Waals surface area contributed by atoms with Crippen molar-refractivity contribution in [1.82, 2.24) is 40.0 Å². The SMILES string of the molecule is C=C(Nc1cncc(-c2ccc3[nH]nc(-c4nc5c(-c6cccnc6)cncc5[nH]4)c3c2)c1)N(C)C. The zero-order chi connectivity index (χ0) is 24.6. The largest absolute Gasteiger partial charge is 0.365 e. The molecular weight excluding hydrogens is 450 g/mol. The number of hydrogen-bond donors (Lipinski definition) is 3. The van der Waals surface area contributed by atoms with Gasteiger partial charge < -0.3 is 15.2 Å². The maximum atomic E-state index is 4.90. The molecule has 3 N–H and O–H groups in total. The van der Waals surface area contributed by atoms with Gasteiger partial charge in [0.1, 0.15) is 11.2 Å². The number of hydrogen-bond acceptors (Lipinski definition) is 7. The van der Waals surface area contributed by atoms with Gasteiger partial charge in [-0.15, -0.1) is 0 Å². The van der Waals surface area contributed by atoms with Crippen molar-refractivity contribution >= 4 is 27.6 Å². The highest BCUT2D eigenvalue weighted by atomic mass is 15.2. The van der Waals surface area contributed by atoms with Crippen LogP contribution in [-0.2, 0) is 0 Å². The molecule has 5 aromatic heterocycles. The quantitative estimate of drug-likeness (QED) is 0.310. The lowest BCUT2D eigenvalue weighted by Gasteiger charge is -2.17. The first kappa shape index (κ1) is 21.5. The fraction of sp³-hybridized carbons (Fsp3) is 0.0741. The number of nitrogens with zero attached hydrogens (tertiary/aromatic N) is 6. The molecule has 0 saturated carbocycles. The fourth-order valence-corrected chi connectivity index (χ4v) is 4.10. The lowest BCUT2D eigenvalue weighted by Crippen LogP contribution is -2.16. The first-order valence-electron chi connectivity index (χ1n) is 11.4. The van der Waals surface area contributed by atoms with Crippen LogP contribution >= 0.6 is 0 Å². The highest BCUT2D eigenvalue weighted by Crippen LogP contribution is 2.33. The van der Waals surface area contributed by atoms with E-state index in [9.17, 15) is 0 Å². The van der Waals surface area contributed by atoms with Gasteiger partial charge in [-0.05, 0) is 29.8 Å². The normalized spacial score (nSPS) is 11.2. The summed E-state index contributed by atoms with van der Waals surface area (Å²) >= 11 is 0. The van der Waals surface area contributed by atoms with Crippen LogP contribution in [0.2, 0.25) is 0 Å². The van der Waals surface area contributed by atoms with E-state index in [-0.39, 0.29) is 0 Å². The summed E-state index contributed by atoms with van der Waals surface area (Å²) in [6.45, 7) is 4.03. The molecule has 1 aromatic carbocycles. The minimum absolute atomic E-state index is 0.669. The Balaban J connectivity index is 1.41. The summed E-state index contributed by atoms with van der Waals surface area (Å²) in [5.41, 5.74) is 8.06. The first-order valence-corrected chi connectivity index (χ1v) is 11.4. The number of anilines is 1. The Hall–Kier alpha value is -5.05. The average molecular weight is 474 g/mol. The summed E-state index contributed by atoms with van der Waals surface area (Å²) in [5, 5.41) is 11.9. The predicted octanol–water partition coefficient (Wildman–Crippen LogP) is 5.07. The second kappa shape index (κ2) is 8.62. The van der Waals surface area contributed by atoms with Crippen LogP contribution in [0.4, 0.5) is 5.69 Å². The zero-order valence-corrected chi connectivity index (χ0v) is 19.8. The van der Waals surface area contributed by atoms with Crippen molar-refractivity contribution in [3.05, 3.63) is 86.0 Å². The van der Waals surface area contributed by atoms with Crippen LogP contribution in [-0.4, -0.2) is 54.1 Å². The van der Waals surface area contributed by atoms with Crippen LogP contribution in [0.3, 0.4) is 0 Å². The van der Waals surface area contributed by atoms with Gasteiger partial charge >= 0.3 is 0 Å². The van der Waals surface area contributed by atoms with E-state index in [0.717, 1.165) is 61.4 Å². The van der Waals surface area contributed by atoms with Crippen LogP contribution in [0.5, 0.6) is 0 Å². The lowest BCUT2D eigenvalue weighted by atomic mass is 10.0. The Morgan fingerprint density at radius 2 is 1.75 bits per heavy atom. The van der Waals surface area contributed by atoms with Crippen molar-refractivity contribution in [3.8, 4) is 33.8 Å². The highest BCUT2D eigenvalue weighted by Gasteiger charge is 2.16. The van der Waals surface area contributed by atoms with Gasteiger partial charge in [0.2, 0.25) is 0 Å². The number of pyridine rings is 3. The lowest BCUT2D eigenvalue weighted by molar-refractivity contribution is 0.521. The van der Waals surface area contributed by atoms with Crippen LogP contribution < -0.4 is 5.32 Å². The van der Waals surface area contributed by atoms with E-state index < -0.39 is 0 Å². The Morgan fingerprint density at radius 1 is 0.889 bits per heavy atom. The monoisotopic (exact) mass is 473 g/mol. The number of imidazole rings is 1. The number of aromatic amines is 2. The van der Waals surface area contributed by atoms with Crippen molar-refractivity contribution in [2.24, 2.45) is 0 Å². The predicted molar refractivity (Wildman–Crippen MR) is 142 cm³/mol. The summed E-state index contributed by atoms with van der Waals surface area (Å²) in [4.78, 5) is 23.2. The summed E-state index contributed by atoms with van der Waals surface area (Å²) in [7, 11) is 3.88. The minimum atomic E-state index is 0.669. The number of H-pyrrole nitrogens is 2. The number of nitrogens with one attached hydrogen (secondary N) is 3. The molecule has 0 amide bonds. The molecule has 36 heavy (non-hydrogen) atoms. The molecule has 9 nitrogen and oxygen atoms in total. The van der Waals surface area contributed by atoms with Gasteiger partial charge in [0, 0.05) is 61.0 Å². The van der Waals surface area contributed by atoms with Crippen molar-refractivity contribution in [2.45, 2.75) is 0 Å². The van der Waals surface area contributed by atoms with Gasteiger partial charge in [0.05, 0.1) is 34.9 Å². The molecule has 5 heterocycles. The molecule has 0 spiro atoms. The number of rotatable bonds is 6. The summed E-state index contributed by atoms with van der Waals surface area (Å²) in [5.74, 6) is 1.45. The van der Waals surface area contributed by atoms with E-state index in [0.29, 0.717) is 5.82 Å². The summed E-state index contributed by atoms with van der Waals surface area (Å²) < 4.78 is 0. The Kier molecular flexibility index (Phi) is 5.15. The van der Waals surface area contributed by atoms with Crippen LogP contribution in [0.1, 0.15) is 0 Å². The van der Waals surface area contributed by atoms with E-state index in [1.54, 1.807) is 18.6 Å². The molecule has 0 unspecified atom stereocenters. The smallest absolute Gasteiger partial charge is 0.159 e. The second-order valence-electron chi connectivity index (χ2n) is 8.67. The average Bonchev–Trinajstić information content (AvgIpc) is 3.53. The van der Waals surface area contributed by atoms with Gasteiger partial charge in [0.15, 0.2) is 5.82 Å². The molecule has 0 aliphatic carbocycles. The molecule has 0 saturated heterocycles. The van der Waals surface area contributed by atoms with E-state index in [1.165, 1.54) is 0 Å². The van der Waals surface area contributed by atoms with E-state index in [4.69, 9.17) is 4.98 Å². The number of aromatic nitrogens is 7. The third-order valence-corrected chi connectivity index (χ3v) is 6.05. The van der Waals surface area contributed by atoms with Crippen LogP contribution in [0.25, 0.3) is 55.7 Å². The van der Waals surface area contributed by atoms with E-state index >= 15 is 0 Å². The Bertz CT molecular complexity index is 1710. The van der Waals surface area contributed by atoms with Gasteiger partial charge in [-0.1, -0.05) is 18.7 Å². The van der Waals surface area contributed by atoms with Crippen LogP contribution in [0, 0.1) is 0 Å². The Morgan fingerprint density at radius 3 is 2.58 bits per heavy atom. The van der Waals surface area contributed by atoms with Crippen molar-refractivity contribution in [1.29, 1.82) is 0 Å². The van der Waals surface area contributed by atoms with Crippen LogP contribution in [0.15, 0.2) is 86.0 Å². The molecule has 0 fully saturated rings. The molecular formula is C27H23N9. The summed E-state index contributed by atoms with van der Waals surface area (Å²) in [6.07, 6.45) is 10.8. The van der Waals surface area contributed by atoms with Gasteiger partial charge in [-0.2, -0.15) is 5.10 Å². The maximum Gasteiger partial charge on any atom is 0.159 e. The molecule has 0 aliphatic heterocycles. The Labute approximate surface area is 207 Å². The molecule has 0 atom stereocenters. The molecule has 0 radical (unpaired) electrons. The van der Waals surface area contributed by atoms with Gasteiger partial charge in [-0.3, -0.25) is 20.1 Å². The maximum absolute atomic E-state index is 4.90. The molecule has 0 aliphatic rings. The molecule has 6 aromatic rings. The molecule has 6 rings (SSSR count). The molecule has 9 heteroatoms. The van der Waals surface area contributed by atoms with Gasteiger partial charge in [0.25, 0.3) is 0 Å². The second-order valence-corrected chi connectivity index (χ2v) is 8.67. The molecule has 0 bridgehead atoms. The zero-order valence-electron chi connectivity index (χ0n) is 19.8.